The van der Waals surface area contributed by atoms with Gasteiger partial charge in [-0.05, 0) is 49.7 Å². The number of likely N-dealkylation sites (N-methyl/N-ethyl adjacent to an activating group) is 1. The van der Waals surface area contributed by atoms with Crippen LogP contribution < -0.4 is 16.4 Å². The molecule has 1 saturated heterocycles. The highest BCUT2D eigenvalue weighted by Crippen LogP contribution is 2.18. The van der Waals surface area contributed by atoms with Crippen LogP contribution in [-0.4, -0.2) is 47.4 Å². The van der Waals surface area contributed by atoms with Crippen LogP contribution in [0.2, 0.25) is 5.02 Å². The smallest absolute Gasteiger partial charge is 0.243 e. The van der Waals surface area contributed by atoms with Crippen LogP contribution in [-0.2, 0) is 22.6 Å². The summed E-state index contributed by atoms with van der Waals surface area (Å²) in [7, 11) is 1.93. The number of carbonyl (C=O) groups is 2. The summed E-state index contributed by atoms with van der Waals surface area (Å²) in [5.74, 6) is 0.0201. The van der Waals surface area contributed by atoms with Crippen molar-refractivity contribution >= 4 is 29.2 Å². The molecule has 29 heavy (non-hydrogen) atoms. The number of hydrogen-bond acceptors (Lipinski definition) is 5. The number of nitrogens with one attached hydrogen (secondary N) is 2. The molecule has 154 valence electrons. The fourth-order valence-electron chi connectivity index (χ4n) is 3.46. The zero-order valence-corrected chi connectivity index (χ0v) is 17.2. The topological polar surface area (TPSA) is 100 Å². The van der Waals surface area contributed by atoms with Crippen LogP contribution in [0.25, 0.3) is 0 Å². The quantitative estimate of drug-likeness (QED) is 0.639. The SMILES string of the molecule is CN1CCC[C@@H]1C(=O)N[C@@H](Cc1ccccc1Cl)C(=O)NCc1ccc(N)nc1. The molecular formula is C21H26ClN5O2. The second kappa shape index (κ2) is 9.71. The molecule has 2 aromatic rings. The fourth-order valence-corrected chi connectivity index (χ4v) is 3.67. The third-order valence-electron chi connectivity index (χ3n) is 5.15. The summed E-state index contributed by atoms with van der Waals surface area (Å²) in [6.45, 7) is 1.17. The number of nitrogens with zero attached hydrogens (tertiary/aromatic N) is 2. The van der Waals surface area contributed by atoms with Crippen molar-refractivity contribution in [2.24, 2.45) is 0 Å². The van der Waals surface area contributed by atoms with E-state index in [0.29, 0.717) is 23.8 Å². The number of anilines is 1. The van der Waals surface area contributed by atoms with Gasteiger partial charge in [0.25, 0.3) is 0 Å². The molecule has 1 aliphatic heterocycles. The van der Waals surface area contributed by atoms with E-state index in [1.165, 1.54) is 0 Å². The Morgan fingerprint density at radius 3 is 2.76 bits per heavy atom. The van der Waals surface area contributed by atoms with Gasteiger partial charge in [-0.3, -0.25) is 14.5 Å². The Morgan fingerprint density at radius 1 is 1.31 bits per heavy atom. The lowest BCUT2D eigenvalue weighted by Crippen LogP contribution is -2.52. The first-order valence-electron chi connectivity index (χ1n) is 9.66. The normalized spacial score (nSPS) is 17.7. The molecule has 2 amide bonds. The predicted molar refractivity (Wildman–Crippen MR) is 113 cm³/mol. The van der Waals surface area contributed by atoms with Gasteiger partial charge in [0.15, 0.2) is 0 Å². The van der Waals surface area contributed by atoms with Crippen molar-refractivity contribution in [1.29, 1.82) is 0 Å². The highest BCUT2D eigenvalue weighted by atomic mass is 35.5. The van der Waals surface area contributed by atoms with E-state index in [-0.39, 0.29) is 17.9 Å². The van der Waals surface area contributed by atoms with Crippen LogP contribution in [0.15, 0.2) is 42.6 Å². The summed E-state index contributed by atoms with van der Waals surface area (Å²) in [5.41, 5.74) is 7.23. The Bertz CT molecular complexity index is 858. The number of halogens is 1. The van der Waals surface area contributed by atoms with Gasteiger partial charge >= 0.3 is 0 Å². The van der Waals surface area contributed by atoms with Gasteiger partial charge in [-0.2, -0.15) is 0 Å². The number of amides is 2. The maximum absolute atomic E-state index is 12.9. The molecule has 0 spiro atoms. The number of nitrogen functional groups attached to an aromatic ring is 1. The second-order valence-electron chi connectivity index (χ2n) is 7.30. The number of hydrogen-bond donors (Lipinski definition) is 3. The van der Waals surface area contributed by atoms with Gasteiger partial charge in [-0.15, -0.1) is 0 Å². The number of rotatable bonds is 7. The standard InChI is InChI=1S/C21H26ClN5O2/c1-27-10-4-7-18(27)21(29)26-17(11-15-5-2-3-6-16(15)22)20(28)25-13-14-8-9-19(23)24-12-14/h2-3,5-6,8-9,12,17-18H,4,7,10-11,13H2,1H3,(H2,23,24)(H,25,28)(H,26,29)/t17-,18+/m0/s1. The number of benzene rings is 1. The Morgan fingerprint density at radius 2 is 2.10 bits per heavy atom. The number of aromatic nitrogens is 1. The van der Waals surface area contributed by atoms with Crippen molar-refractivity contribution in [2.45, 2.75) is 37.9 Å². The number of carbonyl (C=O) groups excluding carboxylic acids is 2. The van der Waals surface area contributed by atoms with Crippen LogP contribution in [0.1, 0.15) is 24.0 Å². The zero-order valence-electron chi connectivity index (χ0n) is 16.4. The summed E-state index contributed by atoms with van der Waals surface area (Å²) in [6, 6.07) is 9.89. The summed E-state index contributed by atoms with van der Waals surface area (Å²) in [5, 5.41) is 6.37. The van der Waals surface area contributed by atoms with Gasteiger partial charge in [-0.25, -0.2) is 4.98 Å². The van der Waals surface area contributed by atoms with E-state index in [1.807, 2.05) is 30.1 Å². The van der Waals surface area contributed by atoms with E-state index in [4.69, 9.17) is 17.3 Å². The largest absolute Gasteiger partial charge is 0.384 e. The maximum atomic E-state index is 12.9. The molecule has 1 aromatic heterocycles. The zero-order chi connectivity index (χ0) is 20.8. The minimum absolute atomic E-state index is 0.133. The molecule has 2 atom stereocenters. The monoisotopic (exact) mass is 415 g/mol. The average Bonchev–Trinajstić information content (AvgIpc) is 3.14. The van der Waals surface area contributed by atoms with E-state index >= 15 is 0 Å². The highest BCUT2D eigenvalue weighted by molar-refractivity contribution is 6.31. The predicted octanol–water partition coefficient (Wildman–Crippen LogP) is 1.76. The summed E-state index contributed by atoms with van der Waals surface area (Å²) >= 11 is 6.27. The molecule has 0 unspecified atom stereocenters. The van der Waals surface area contributed by atoms with Crippen molar-refractivity contribution < 1.29 is 9.59 Å². The van der Waals surface area contributed by atoms with Crippen molar-refractivity contribution in [3.63, 3.8) is 0 Å². The molecule has 1 fully saturated rings. The van der Waals surface area contributed by atoms with Gasteiger partial charge in [0.2, 0.25) is 11.8 Å². The Hall–Kier alpha value is -2.64. The molecule has 0 radical (unpaired) electrons. The summed E-state index contributed by atoms with van der Waals surface area (Å²) in [6.07, 6.45) is 3.69. The number of pyridine rings is 1. The second-order valence-corrected chi connectivity index (χ2v) is 7.71. The molecule has 0 saturated carbocycles. The van der Waals surface area contributed by atoms with Gasteiger partial charge < -0.3 is 16.4 Å². The molecular weight excluding hydrogens is 390 g/mol. The van der Waals surface area contributed by atoms with Crippen molar-refractivity contribution in [2.75, 3.05) is 19.3 Å². The molecule has 0 aliphatic carbocycles. The Balaban J connectivity index is 1.70. The third kappa shape index (κ3) is 5.68. The van der Waals surface area contributed by atoms with E-state index < -0.39 is 6.04 Å². The van der Waals surface area contributed by atoms with Crippen LogP contribution in [0.4, 0.5) is 5.82 Å². The molecule has 2 heterocycles. The Kier molecular flexibility index (Phi) is 7.06. The Labute approximate surface area is 175 Å². The minimum atomic E-state index is -0.724. The van der Waals surface area contributed by atoms with Crippen molar-refractivity contribution in [3.05, 3.63) is 58.7 Å². The van der Waals surface area contributed by atoms with Gasteiger partial charge in [0, 0.05) is 24.2 Å². The van der Waals surface area contributed by atoms with Crippen LogP contribution in [0, 0.1) is 0 Å². The number of nitrogens with two attached hydrogens (primary N) is 1. The first kappa shape index (κ1) is 21.1. The first-order valence-corrected chi connectivity index (χ1v) is 10.0. The third-order valence-corrected chi connectivity index (χ3v) is 5.52. The fraction of sp³-hybridized carbons (Fsp3) is 0.381. The van der Waals surface area contributed by atoms with Crippen molar-refractivity contribution in [1.82, 2.24) is 20.5 Å². The maximum Gasteiger partial charge on any atom is 0.243 e. The van der Waals surface area contributed by atoms with E-state index in [1.54, 1.807) is 24.4 Å². The minimum Gasteiger partial charge on any atom is -0.384 e. The lowest BCUT2D eigenvalue weighted by molar-refractivity contribution is -0.131. The summed E-state index contributed by atoms with van der Waals surface area (Å²) < 4.78 is 0. The summed E-state index contributed by atoms with van der Waals surface area (Å²) in [4.78, 5) is 31.7. The molecule has 1 aromatic carbocycles. The average molecular weight is 416 g/mol. The van der Waals surface area contributed by atoms with E-state index in [0.717, 1.165) is 30.5 Å². The molecule has 4 N–H and O–H groups in total. The number of likely N-dealkylation sites (tertiary alicyclic amines) is 1. The van der Waals surface area contributed by atoms with Crippen molar-refractivity contribution in [3.8, 4) is 0 Å². The van der Waals surface area contributed by atoms with Crippen LogP contribution in [0.5, 0.6) is 0 Å². The van der Waals surface area contributed by atoms with E-state index in [9.17, 15) is 9.59 Å². The van der Waals surface area contributed by atoms with Gasteiger partial charge in [0.1, 0.15) is 11.9 Å². The van der Waals surface area contributed by atoms with Gasteiger partial charge in [0.05, 0.1) is 6.04 Å². The lowest BCUT2D eigenvalue weighted by atomic mass is 10.0. The highest BCUT2D eigenvalue weighted by Gasteiger charge is 2.31. The van der Waals surface area contributed by atoms with Crippen LogP contribution >= 0.6 is 11.6 Å². The lowest BCUT2D eigenvalue weighted by Gasteiger charge is -2.24. The van der Waals surface area contributed by atoms with Gasteiger partial charge in [-0.1, -0.05) is 35.9 Å². The molecule has 1 aliphatic rings. The first-order chi connectivity index (χ1) is 13.9. The van der Waals surface area contributed by atoms with Crippen LogP contribution in [0.3, 0.4) is 0 Å². The molecule has 3 rings (SSSR count). The van der Waals surface area contributed by atoms with E-state index in [2.05, 4.69) is 15.6 Å². The molecule has 8 heteroatoms. The molecule has 7 nitrogen and oxygen atoms in total. The molecule has 0 bridgehead atoms.